The SMILES string of the molecule is COC(=O)C1(C)CCC(NC(=O)OC(C)(C)C)CC1. The highest BCUT2D eigenvalue weighted by Gasteiger charge is 2.39. The summed E-state index contributed by atoms with van der Waals surface area (Å²) in [5, 5.41) is 2.86. The van der Waals surface area contributed by atoms with Crippen molar-refractivity contribution < 1.29 is 19.1 Å². The third-order valence-electron chi connectivity index (χ3n) is 3.49. The second-order valence-corrected chi connectivity index (χ2v) is 6.47. The van der Waals surface area contributed by atoms with E-state index in [1.165, 1.54) is 7.11 Å². The van der Waals surface area contributed by atoms with Crippen molar-refractivity contribution in [2.45, 2.75) is 65.0 Å². The van der Waals surface area contributed by atoms with Crippen LogP contribution in [0.25, 0.3) is 0 Å². The molecule has 1 N–H and O–H groups in total. The van der Waals surface area contributed by atoms with Crippen molar-refractivity contribution in [2.75, 3.05) is 7.11 Å². The summed E-state index contributed by atoms with van der Waals surface area (Å²) in [5.74, 6) is -0.164. The Bertz CT molecular complexity index is 338. The molecule has 0 unspecified atom stereocenters. The van der Waals surface area contributed by atoms with E-state index in [4.69, 9.17) is 9.47 Å². The first-order valence-electron chi connectivity index (χ1n) is 6.74. The first-order chi connectivity index (χ1) is 8.66. The number of carbonyl (C=O) groups excluding carboxylic acids is 2. The smallest absolute Gasteiger partial charge is 0.407 e. The molecule has 1 amide bonds. The van der Waals surface area contributed by atoms with E-state index in [-0.39, 0.29) is 18.1 Å². The molecule has 1 saturated carbocycles. The first kappa shape index (κ1) is 15.8. The Labute approximate surface area is 115 Å². The number of rotatable bonds is 2. The fraction of sp³-hybridized carbons (Fsp3) is 0.857. The number of alkyl carbamates (subject to hydrolysis) is 1. The summed E-state index contributed by atoms with van der Waals surface area (Å²) in [7, 11) is 1.42. The molecule has 0 saturated heterocycles. The van der Waals surface area contributed by atoms with Gasteiger partial charge in [-0.05, 0) is 53.4 Å². The Balaban J connectivity index is 2.42. The predicted molar refractivity (Wildman–Crippen MR) is 71.7 cm³/mol. The van der Waals surface area contributed by atoms with E-state index < -0.39 is 11.0 Å². The molecule has 0 aromatic heterocycles. The fourth-order valence-corrected chi connectivity index (χ4v) is 2.32. The number of ether oxygens (including phenoxy) is 2. The van der Waals surface area contributed by atoms with Crippen LogP contribution in [0.4, 0.5) is 4.79 Å². The zero-order valence-corrected chi connectivity index (χ0v) is 12.5. The quantitative estimate of drug-likeness (QED) is 0.784. The van der Waals surface area contributed by atoms with Crippen LogP contribution >= 0.6 is 0 Å². The third-order valence-corrected chi connectivity index (χ3v) is 3.49. The predicted octanol–water partition coefficient (Wildman–Crippen LogP) is 2.63. The molecule has 0 bridgehead atoms. The van der Waals surface area contributed by atoms with Gasteiger partial charge in [-0.15, -0.1) is 0 Å². The van der Waals surface area contributed by atoms with Crippen molar-refractivity contribution in [3.63, 3.8) is 0 Å². The molecule has 0 aliphatic heterocycles. The number of hydrogen-bond donors (Lipinski definition) is 1. The van der Waals surface area contributed by atoms with Gasteiger partial charge in [0.15, 0.2) is 0 Å². The van der Waals surface area contributed by atoms with Crippen LogP contribution in [-0.4, -0.2) is 30.8 Å². The maximum Gasteiger partial charge on any atom is 0.407 e. The van der Waals surface area contributed by atoms with Gasteiger partial charge in [0, 0.05) is 6.04 Å². The van der Waals surface area contributed by atoms with Gasteiger partial charge in [0.25, 0.3) is 0 Å². The van der Waals surface area contributed by atoms with Crippen LogP contribution in [0, 0.1) is 5.41 Å². The van der Waals surface area contributed by atoms with E-state index >= 15 is 0 Å². The van der Waals surface area contributed by atoms with Crippen LogP contribution in [0.15, 0.2) is 0 Å². The molecule has 0 spiro atoms. The Hall–Kier alpha value is -1.26. The largest absolute Gasteiger partial charge is 0.469 e. The van der Waals surface area contributed by atoms with Crippen LogP contribution in [0.2, 0.25) is 0 Å². The van der Waals surface area contributed by atoms with Crippen LogP contribution < -0.4 is 5.32 Å². The van der Waals surface area contributed by atoms with Gasteiger partial charge < -0.3 is 14.8 Å². The minimum absolute atomic E-state index is 0.0765. The molecule has 1 rings (SSSR count). The molecule has 19 heavy (non-hydrogen) atoms. The van der Waals surface area contributed by atoms with Crippen molar-refractivity contribution in [1.29, 1.82) is 0 Å². The van der Waals surface area contributed by atoms with E-state index in [9.17, 15) is 9.59 Å². The van der Waals surface area contributed by atoms with Crippen molar-refractivity contribution in [3.05, 3.63) is 0 Å². The molecule has 5 heteroatoms. The molecular weight excluding hydrogens is 246 g/mol. The minimum Gasteiger partial charge on any atom is -0.469 e. The summed E-state index contributed by atoms with van der Waals surface area (Å²) < 4.78 is 10.0. The Kier molecular flexibility index (Phi) is 4.82. The molecule has 0 atom stereocenters. The Morgan fingerprint density at radius 2 is 1.74 bits per heavy atom. The van der Waals surface area contributed by atoms with Gasteiger partial charge in [-0.2, -0.15) is 0 Å². The summed E-state index contributed by atoms with van der Waals surface area (Å²) in [6.45, 7) is 7.42. The summed E-state index contributed by atoms with van der Waals surface area (Å²) >= 11 is 0. The topological polar surface area (TPSA) is 64.6 Å². The highest BCUT2D eigenvalue weighted by Crippen LogP contribution is 2.36. The second kappa shape index (κ2) is 5.80. The van der Waals surface area contributed by atoms with Gasteiger partial charge in [-0.3, -0.25) is 4.79 Å². The molecule has 0 heterocycles. The number of hydrogen-bond acceptors (Lipinski definition) is 4. The van der Waals surface area contributed by atoms with Crippen LogP contribution in [0.5, 0.6) is 0 Å². The maximum absolute atomic E-state index is 11.7. The number of nitrogens with one attached hydrogen (secondary N) is 1. The average molecular weight is 271 g/mol. The zero-order valence-electron chi connectivity index (χ0n) is 12.5. The number of esters is 1. The lowest BCUT2D eigenvalue weighted by molar-refractivity contribution is -0.153. The zero-order chi connectivity index (χ0) is 14.7. The molecule has 1 aliphatic carbocycles. The fourth-order valence-electron chi connectivity index (χ4n) is 2.32. The van der Waals surface area contributed by atoms with Crippen molar-refractivity contribution in [1.82, 2.24) is 5.32 Å². The second-order valence-electron chi connectivity index (χ2n) is 6.47. The normalized spacial score (nSPS) is 27.5. The van der Waals surface area contributed by atoms with Gasteiger partial charge in [0.2, 0.25) is 0 Å². The number of amides is 1. The van der Waals surface area contributed by atoms with Gasteiger partial charge >= 0.3 is 12.1 Å². The monoisotopic (exact) mass is 271 g/mol. The lowest BCUT2D eigenvalue weighted by Gasteiger charge is -2.35. The molecule has 5 nitrogen and oxygen atoms in total. The highest BCUT2D eigenvalue weighted by atomic mass is 16.6. The lowest BCUT2D eigenvalue weighted by Crippen LogP contribution is -2.44. The van der Waals surface area contributed by atoms with E-state index in [2.05, 4.69) is 5.32 Å². The van der Waals surface area contributed by atoms with Crippen molar-refractivity contribution in [3.8, 4) is 0 Å². The van der Waals surface area contributed by atoms with Gasteiger partial charge in [0.1, 0.15) is 5.60 Å². The average Bonchev–Trinajstić information content (AvgIpc) is 2.29. The van der Waals surface area contributed by atoms with E-state index in [1.54, 1.807) is 0 Å². The summed E-state index contributed by atoms with van der Waals surface area (Å²) in [6, 6.07) is 0.0765. The van der Waals surface area contributed by atoms with E-state index in [0.29, 0.717) is 0 Å². The molecule has 1 fully saturated rings. The van der Waals surface area contributed by atoms with Crippen LogP contribution in [0.3, 0.4) is 0 Å². The van der Waals surface area contributed by atoms with E-state index in [1.807, 2.05) is 27.7 Å². The van der Waals surface area contributed by atoms with Crippen LogP contribution in [-0.2, 0) is 14.3 Å². The first-order valence-corrected chi connectivity index (χ1v) is 6.74. The van der Waals surface area contributed by atoms with Crippen LogP contribution in [0.1, 0.15) is 53.4 Å². The highest BCUT2D eigenvalue weighted by molar-refractivity contribution is 5.76. The van der Waals surface area contributed by atoms with Crippen molar-refractivity contribution >= 4 is 12.1 Å². The number of methoxy groups -OCH3 is 1. The summed E-state index contributed by atoms with van der Waals surface area (Å²) in [5.41, 5.74) is -0.903. The third kappa shape index (κ3) is 4.73. The molecule has 0 radical (unpaired) electrons. The standard InChI is InChI=1S/C14H25NO4/c1-13(2,3)19-12(17)15-10-6-8-14(4,9-7-10)11(16)18-5/h10H,6-9H2,1-5H3,(H,15,17). The molecule has 0 aromatic carbocycles. The summed E-state index contributed by atoms with van der Waals surface area (Å²) in [4.78, 5) is 23.3. The van der Waals surface area contributed by atoms with Gasteiger partial charge in [-0.25, -0.2) is 4.79 Å². The molecule has 1 aliphatic rings. The van der Waals surface area contributed by atoms with E-state index in [0.717, 1.165) is 25.7 Å². The summed E-state index contributed by atoms with van der Waals surface area (Å²) in [6.07, 6.45) is 2.59. The minimum atomic E-state index is -0.487. The molecule has 110 valence electrons. The lowest BCUT2D eigenvalue weighted by atomic mass is 9.74. The molecule has 0 aromatic rings. The Morgan fingerprint density at radius 3 is 2.16 bits per heavy atom. The number of carbonyl (C=O) groups is 2. The molecular formula is C14H25NO4. The Morgan fingerprint density at radius 1 is 1.21 bits per heavy atom. The van der Waals surface area contributed by atoms with Gasteiger partial charge in [0.05, 0.1) is 12.5 Å². The maximum atomic E-state index is 11.7. The van der Waals surface area contributed by atoms with Gasteiger partial charge in [-0.1, -0.05) is 0 Å². The van der Waals surface area contributed by atoms with Crippen molar-refractivity contribution in [2.24, 2.45) is 5.41 Å².